The maximum Gasteiger partial charge on any atom is 0.255 e. The number of amides is 2. The molecule has 0 aromatic heterocycles. The summed E-state index contributed by atoms with van der Waals surface area (Å²) < 4.78 is 0. The molecule has 2 amide bonds. The Bertz CT molecular complexity index is 1070. The first-order chi connectivity index (χ1) is 14.9. The maximum atomic E-state index is 12.7. The van der Waals surface area contributed by atoms with E-state index in [1.165, 1.54) is 11.1 Å². The molecule has 0 atom stereocenters. The van der Waals surface area contributed by atoms with Crippen LogP contribution in [0.4, 0.5) is 11.4 Å². The van der Waals surface area contributed by atoms with Crippen molar-refractivity contribution in [3.05, 3.63) is 94.0 Å². The van der Waals surface area contributed by atoms with E-state index in [0.717, 1.165) is 35.2 Å². The molecule has 31 heavy (non-hydrogen) atoms. The molecule has 0 aliphatic carbocycles. The normalized spacial score (nSPS) is 10.5. The molecule has 3 rings (SSSR count). The second-order valence-electron chi connectivity index (χ2n) is 7.75. The Balaban J connectivity index is 1.71. The van der Waals surface area contributed by atoms with Crippen LogP contribution in [0.25, 0.3) is 0 Å². The fourth-order valence-electron chi connectivity index (χ4n) is 3.39. The van der Waals surface area contributed by atoms with Crippen LogP contribution in [0.5, 0.6) is 0 Å². The van der Waals surface area contributed by atoms with E-state index in [1.54, 1.807) is 0 Å². The van der Waals surface area contributed by atoms with Gasteiger partial charge in [-0.05, 0) is 73.4 Å². The molecular weight excluding hydrogens is 383 g/mol. The third kappa shape index (κ3) is 5.63. The zero-order chi connectivity index (χ0) is 22.4. The molecule has 0 saturated carbocycles. The van der Waals surface area contributed by atoms with Gasteiger partial charge in [-0.2, -0.15) is 0 Å². The van der Waals surface area contributed by atoms with Gasteiger partial charge >= 0.3 is 0 Å². The highest BCUT2D eigenvalue weighted by atomic mass is 16.2. The van der Waals surface area contributed by atoms with Crippen molar-refractivity contribution >= 4 is 30.5 Å². The maximum absolute atomic E-state index is 12.7. The Morgan fingerprint density at radius 2 is 1.16 bits per heavy atom. The van der Waals surface area contributed by atoms with Gasteiger partial charge in [0.25, 0.3) is 11.8 Å². The van der Waals surface area contributed by atoms with E-state index in [4.69, 9.17) is 0 Å². The second kappa shape index (κ2) is 10.1. The van der Waals surface area contributed by atoms with Crippen LogP contribution in [-0.2, 0) is 12.7 Å². The van der Waals surface area contributed by atoms with E-state index in [-0.39, 0.29) is 11.8 Å². The van der Waals surface area contributed by atoms with E-state index in [1.807, 2.05) is 81.3 Å². The van der Waals surface area contributed by atoms with Gasteiger partial charge in [-0.25, -0.2) is 0 Å². The molecule has 0 spiro atoms. The molecule has 0 unspecified atom stereocenters. The summed E-state index contributed by atoms with van der Waals surface area (Å²) >= 11 is 0. The quantitative estimate of drug-likeness (QED) is 0.496. The molecule has 3 aromatic rings. The fourth-order valence-corrected chi connectivity index (χ4v) is 3.39. The van der Waals surface area contributed by atoms with Crippen LogP contribution in [0.15, 0.2) is 60.7 Å². The van der Waals surface area contributed by atoms with Crippen molar-refractivity contribution in [3.63, 3.8) is 0 Å². The molecule has 1 radical (unpaired) electrons. The second-order valence-corrected chi connectivity index (χ2v) is 7.75. The zero-order valence-corrected chi connectivity index (χ0v) is 18.6. The summed E-state index contributed by atoms with van der Waals surface area (Å²) in [4.78, 5) is 25.3. The number of nitrogens with one attached hydrogen (secondary N) is 2. The average Bonchev–Trinajstić information content (AvgIpc) is 2.77. The number of anilines is 2. The predicted molar refractivity (Wildman–Crippen MR) is 129 cm³/mol. The molecule has 0 aliphatic heterocycles. The highest BCUT2D eigenvalue weighted by molar-refractivity contribution is 6.32. The summed E-state index contributed by atoms with van der Waals surface area (Å²) in [5.74, 6) is -0.298. The fraction of sp³-hybridized carbons (Fsp3) is 0.231. The van der Waals surface area contributed by atoms with Gasteiger partial charge in [0, 0.05) is 22.5 Å². The van der Waals surface area contributed by atoms with Crippen LogP contribution in [0.3, 0.4) is 0 Å². The molecule has 0 aliphatic rings. The molecule has 157 valence electrons. The zero-order valence-electron chi connectivity index (χ0n) is 18.6. The lowest BCUT2D eigenvalue weighted by molar-refractivity contribution is 0.101. The Morgan fingerprint density at radius 1 is 0.742 bits per heavy atom. The smallest absolute Gasteiger partial charge is 0.255 e. The molecule has 0 bridgehead atoms. The van der Waals surface area contributed by atoms with Crippen molar-refractivity contribution in [2.24, 2.45) is 0 Å². The highest BCUT2D eigenvalue weighted by Crippen LogP contribution is 2.25. The summed E-state index contributed by atoms with van der Waals surface area (Å²) in [6.45, 7) is 7.93. The number of hydrogen-bond donors (Lipinski definition) is 2. The first-order valence-electron chi connectivity index (χ1n) is 10.6. The van der Waals surface area contributed by atoms with E-state index in [2.05, 4.69) is 24.8 Å². The van der Waals surface area contributed by atoms with Crippen molar-refractivity contribution in [3.8, 4) is 0 Å². The summed E-state index contributed by atoms with van der Waals surface area (Å²) in [5, 5.41) is 5.96. The molecule has 0 fully saturated rings. The van der Waals surface area contributed by atoms with E-state index >= 15 is 0 Å². The van der Waals surface area contributed by atoms with Crippen molar-refractivity contribution in [2.45, 2.75) is 40.3 Å². The molecule has 3 aromatic carbocycles. The summed E-state index contributed by atoms with van der Waals surface area (Å²) in [6, 6.07) is 19.0. The largest absolute Gasteiger partial charge is 0.322 e. The van der Waals surface area contributed by atoms with Gasteiger partial charge in [-0.3, -0.25) is 9.59 Å². The minimum absolute atomic E-state index is 0.147. The lowest BCUT2D eigenvalue weighted by atomic mass is 9.75. The topological polar surface area (TPSA) is 58.2 Å². The van der Waals surface area contributed by atoms with Gasteiger partial charge in [0.2, 0.25) is 0 Å². The van der Waals surface area contributed by atoms with E-state index in [9.17, 15) is 9.59 Å². The molecular formula is C26H28BN2O2. The Morgan fingerprint density at radius 3 is 1.55 bits per heavy atom. The minimum atomic E-state index is -0.151. The minimum Gasteiger partial charge on any atom is -0.322 e. The van der Waals surface area contributed by atoms with Crippen molar-refractivity contribution < 1.29 is 9.59 Å². The van der Waals surface area contributed by atoms with Crippen LogP contribution in [0.2, 0.25) is 6.82 Å². The van der Waals surface area contributed by atoms with Gasteiger partial charge < -0.3 is 10.6 Å². The number of aryl methyl sites for hydroxylation is 3. The average molecular weight is 411 g/mol. The van der Waals surface area contributed by atoms with Gasteiger partial charge in [-0.1, -0.05) is 49.9 Å². The molecule has 2 N–H and O–H groups in total. The van der Waals surface area contributed by atoms with Crippen molar-refractivity contribution in [2.75, 3.05) is 10.6 Å². The van der Waals surface area contributed by atoms with Gasteiger partial charge in [0.1, 0.15) is 7.28 Å². The number of hydrogen-bond acceptors (Lipinski definition) is 2. The number of carbonyl (C=O) groups excluding carboxylic acids is 2. The van der Waals surface area contributed by atoms with E-state index in [0.29, 0.717) is 11.1 Å². The Labute approximate surface area is 185 Å². The SMILES string of the molecule is C[B]Cc1ccc(C(=O)Nc2cc(C)c(NC(=O)c3ccc(CC)cc3)cc2C)cc1. The monoisotopic (exact) mass is 411 g/mol. The van der Waals surface area contributed by atoms with Crippen LogP contribution < -0.4 is 10.6 Å². The van der Waals surface area contributed by atoms with Gasteiger partial charge in [-0.15, -0.1) is 0 Å². The third-order valence-corrected chi connectivity index (χ3v) is 5.35. The summed E-state index contributed by atoms with van der Waals surface area (Å²) in [5.41, 5.74) is 6.85. The lowest BCUT2D eigenvalue weighted by Crippen LogP contribution is -2.15. The molecule has 4 nitrogen and oxygen atoms in total. The number of benzene rings is 3. The predicted octanol–water partition coefficient (Wildman–Crippen LogP) is 5.62. The highest BCUT2D eigenvalue weighted by Gasteiger charge is 2.12. The molecule has 0 heterocycles. The first-order valence-corrected chi connectivity index (χ1v) is 10.6. The van der Waals surface area contributed by atoms with Crippen LogP contribution in [-0.4, -0.2) is 19.1 Å². The van der Waals surface area contributed by atoms with Crippen molar-refractivity contribution in [1.82, 2.24) is 0 Å². The Kier molecular flexibility index (Phi) is 7.30. The summed E-state index contributed by atoms with van der Waals surface area (Å²) in [7, 11) is 2.09. The standard InChI is InChI=1S/C26H28BN2O2/c1-5-19-6-10-21(11-7-19)25(30)28-23-14-18(3)24(15-17(23)2)29-26(31)22-12-8-20(9-13-22)16-27-4/h6-15H,5,16H2,1-4H3,(H,28,30)(H,29,31). The van der Waals surface area contributed by atoms with Gasteiger partial charge in [0.05, 0.1) is 0 Å². The van der Waals surface area contributed by atoms with Gasteiger partial charge in [0.15, 0.2) is 0 Å². The number of rotatable bonds is 7. The van der Waals surface area contributed by atoms with Crippen LogP contribution in [0, 0.1) is 13.8 Å². The van der Waals surface area contributed by atoms with Crippen LogP contribution in [0.1, 0.15) is 49.9 Å². The van der Waals surface area contributed by atoms with Crippen LogP contribution >= 0.6 is 0 Å². The van der Waals surface area contributed by atoms with E-state index < -0.39 is 0 Å². The Hall–Kier alpha value is -3.34. The van der Waals surface area contributed by atoms with Crippen molar-refractivity contribution in [1.29, 1.82) is 0 Å². The first kappa shape index (κ1) is 22.4. The number of carbonyl (C=O) groups is 2. The lowest BCUT2D eigenvalue weighted by Gasteiger charge is -2.14. The molecule has 5 heteroatoms. The molecule has 0 saturated heterocycles. The third-order valence-electron chi connectivity index (χ3n) is 5.35. The summed E-state index contributed by atoms with van der Waals surface area (Å²) in [6.07, 6.45) is 1.82.